The highest BCUT2D eigenvalue weighted by atomic mass is 16.5. The average Bonchev–Trinajstić information content (AvgIpc) is 2.77. The van der Waals surface area contributed by atoms with Gasteiger partial charge in [0.15, 0.2) is 5.75 Å². The van der Waals surface area contributed by atoms with Crippen LogP contribution in [0.5, 0.6) is 11.5 Å². The van der Waals surface area contributed by atoms with Crippen LogP contribution in [0.1, 0.15) is 18.9 Å². The summed E-state index contributed by atoms with van der Waals surface area (Å²) in [7, 11) is 0. The standard InChI is InChI=1S/C13H16N4O/c1-2-7-17-9-10(8-16-17)18-12-6-4-3-5-11(12)13(14)15/h3-6,8-9H,2,7H2,1H3,(H3,14,15). The Bertz CT molecular complexity index is 547. The monoisotopic (exact) mass is 244 g/mol. The van der Waals surface area contributed by atoms with Crippen molar-refractivity contribution in [3.8, 4) is 11.5 Å². The van der Waals surface area contributed by atoms with Gasteiger partial charge in [-0.3, -0.25) is 10.1 Å². The Hall–Kier alpha value is -2.30. The molecule has 5 heteroatoms. The van der Waals surface area contributed by atoms with E-state index in [2.05, 4.69) is 12.0 Å². The van der Waals surface area contributed by atoms with E-state index in [4.69, 9.17) is 15.9 Å². The van der Waals surface area contributed by atoms with Crippen molar-refractivity contribution in [1.82, 2.24) is 9.78 Å². The second-order valence-electron chi connectivity index (χ2n) is 3.95. The number of aryl methyl sites for hydroxylation is 1. The van der Waals surface area contributed by atoms with Crippen LogP contribution in [-0.4, -0.2) is 15.6 Å². The number of rotatable bonds is 5. The molecule has 0 aliphatic rings. The number of nitrogens with two attached hydrogens (primary N) is 1. The Morgan fingerprint density at radius 3 is 2.94 bits per heavy atom. The quantitative estimate of drug-likeness (QED) is 0.626. The van der Waals surface area contributed by atoms with Gasteiger partial charge in [-0.2, -0.15) is 5.10 Å². The van der Waals surface area contributed by atoms with E-state index in [0.29, 0.717) is 17.1 Å². The zero-order chi connectivity index (χ0) is 13.0. The lowest BCUT2D eigenvalue weighted by Crippen LogP contribution is -2.12. The molecule has 94 valence electrons. The number of nitrogen functional groups attached to an aromatic ring is 1. The van der Waals surface area contributed by atoms with Crippen molar-refractivity contribution in [3.05, 3.63) is 42.2 Å². The predicted molar refractivity (Wildman–Crippen MR) is 70.1 cm³/mol. The Kier molecular flexibility index (Phi) is 3.62. The van der Waals surface area contributed by atoms with Crippen molar-refractivity contribution in [3.63, 3.8) is 0 Å². The van der Waals surface area contributed by atoms with Gasteiger partial charge in [-0.1, -0.05) is 19.1 Å². The summed E-state index contributed by atoms with van der Waals surface area (Å²) >= 11 is 0. The summed E-state index contributed by atoms with van der Waals surface area (Å²) in [6.45, 7) is 2.95. The molecule has 2 rings (SSSR count). The third-order valence-corrected chi connectivity index (χ3v) is 2.47. The first-order valence-electron chi connectivity index (χ1n) is 5.84. The van der Waals surface area contributed by atoms with Gasteiger partial charge in [0.2, 0.25) is 0 Å². The van der Waals surface area contributed by atoms with Gasteiger partial charge in [0.25, 0.3) is 0 Å². The smallest absolute Gasteiger partial charge is 0.165 e. The van der Waals surface area contributed by atoms with Gasteiger partial charge in [0.05, 0.1) is 18.0 Å². The van der Waals surface area contributed by atoms with Gasteiger partial charge >= 0.3 is 0 Å². The summed E-state index contributed by atoms with van der Waals surface area (Å²) in [5, 5.41) is 11.7. The van der Waals surface area contributed by atoms with Gasteiger partial charge in [0, 0.05) is 6.54 Å². The summed E-state index contributed by atoms with van der Waals surface area (Å²) in [6.07, 6.45) is 4.51. The molecule has 0 spiro atoms. The molecule has 0 saturated carbocycles. The maximum Gasteiger partial charge on any atom is 0.165 e. The third-order valence-electron chi connectivity index (χ3n) is 2.47. The molecule has 0 atom stereocenters. The van der Waals surface area contributed by atoms with Crippen LogP contribution in [0.2, 0.25) is 0 Å². The molecule has 1 heterocycles. The minimum absolute atomic E-state index is 0.00782. The van der Waals surface area contributed by atoms with Gasteiger partial charge in [-0.15, -0.1) is 0 Å². The highest BCUT2D eigenvalue weighted by Crippen LogP contribution is 2.24. The van der Waals surface area contributed by atoms with Crippen molar-refractivity contribution in [1.29, 1.82) is 5.41 Å². The molecule has 1 aromatic carbocycles. The molecule has 0 aliphatic heterocycles. The molecule has 0 fully saturated rings. The number of nitrogens with zero attached hydrogens (tertiary/aromatic N) is 2. The molecule has 18 heavy (non-hydrogen) atoms. The SMILES string of the molecule is CCCn1cc(Oc2ccccc2C(=N)N)cn1. The van der Waals surface area contributed by atoms with E-state index in [1.165, 1.54) is 0 Å². The van der Waals surface area contributed by atoms with Crippen molar-refractivity contribution in [2.45, 2.75) is 19.9 Å². The third kappa shape index (κ3) is 2.68. The van der Waals surface area contributed by atoms with Gasteiger partial charge < -0.3 is 10.5 Å². The minimum atomic E-state index is -0.00782. The zero-order valence-electron chi connectivity index (χ0n) is 10.3. The predicted octanol–water partition coefficient (Wildman–Crippen LogP) is 2.37. The second-order valence-corrected chi connectivity index (χ2v) is 3.95. The lowest BCUT2D eigenvalue weighted by atomic mass is 10.2. The first-order chi connectivity index (χ1) is 8.70. The molecular weight excluding hydrogens is 228 g/mol. The van der Waals surface area contributed by atoms with Crippen LogP contribution < -0.4 is 10.5 Å². The van der Waals surface area contributed by atoms with E-state index in [9.17, 15) is 0 Å². The molecular formula is C13H16N4O. The number of ether oxygens (including phenoxy) is 1. The molecule has 0 aliphatic carbocycles. The van der Waals surface area contributed by atoms with E-state index in [0.717, 1.165) is 13.0 Å². The van der Waals surface area contributed by atoms with Crippen LogP contribution in [-0.2, 0) is 6.54 Å². The Balaban J connectivity index is 2.20. The number of aromatic nitrogens is 2. The van der Waals surface area contributed by atoms with Gasteiger partial charge in [0.1, 0.15) is 11.6 Å². The van der Waals surface area contributed by atoms with Crippen LogP contribution in [0.4, 0.5) is 0 Å². The lowest BCUT2D eigenvalue weighted by molar-refractivity contribution is 0.479. The molecule has 5 nitrogen and oxygen atoms in total. The fourth-order valence-corrected chi connectivity index (χ4v) is 1.65. The fraction of sp³-hybridized carbons (Fsp3) is 0.231. The maximum absolute atomic E-state index is 7.49. The van der Waals surface area contributed by atoms with Crippen LogP contribution >= 0.6 is 0 Å². The molecule has 2 aromatic rings. The number of amidine groups is 1. The molecule has 0 radical (unpaired) electrons. The topological polar surface area (TPSA) is 76.9 Å². The number of para-hydroxylation sites is 1. The Labute approximate surface area is 106 Å². The number of hydrogen-bond donors (Lipinski definition) is 2. The lowest BCUT2D eigenvalue weighted by Gasteiger charge is -2.07. The second kappa shape index (κ2) is 5.35. The molecule has 3 N–H and O–H groups in total. The van der Waals surface area contributed by atoms with Crippen molar-refractivity contribution >= 4 is 5.84 Å². The number of hydrogen-bond acceptors (Lipinski definition) is 3. The van der Waals surface area contributed by atoms with Crippen LogP contribution in [0, 0.1) is 5.41 Å². The summed E-state index contributed by atoms with van der Waals surface area (Å²) in [4.78, 5) is 0. The molecule has 0 amide bonds. The zero-order valence-corrected chi connectivity index (χ0v) is 10.3. The maximum atomic E-state index is 7.49. The highest BCUT2D eigenvalue weighted by molar-refractivity contribution is 5.97. The molecule has 0 bridgehead atoms. The van der Waals surface area contributed by atoms with Crippen LogP contribution in [0.25, 0.3) is 0 Å². The van der Waals surface area contributed by atoms with E-state index in [1.807, 2.05) is 23.0 Å². The number of nitrogens with one attached hydrogen (secondary N) is 1. The first kappa shape index (κ1) is 12.2. The Morgan fingerprint density at radius 1 is 1.44 bits per heavy atom. The number of benzene rings is 1. The van der Waals surface area contributed by atoms with Crippen molar-refractivity contribution < 1.29 is 4.74 Å². The highest BCUT2D eigenvalue weighted by Gasteiger charge is 2.07. The summed E-state index contributed by atoms with van der Waals surface area (Å²) < 4.78 is 7.52. The average molecular weight is 244 g/mol. The normalized spacial score (nSPS) is 10.3. The molecule has 1 aromatic heterocycles. The van der Waals surface area contributed by atoms with E-state index < -0.39 is 0 Å². The summed E-state index contributed by atoms with van der Waals surface area (Å²) in [5.74, 6) is 1.21. The molecule has 0 saturated heterocycles. The first-order valence-corrected chi connectivity index (χ1v) is 5.84. The van der Waals surface area contributed by atoms with Crippen molar-refractivity contribution in [2.75, 3.05) is 0 Å². The van der Waals surface area contributed by atoms with Crippen molar-refractivity contribution in [2.24, 2.45) is 5.73 Å². The minimum Gasteiger partial charge on any atom is -0.453 e. The largest absolute Gasteiger partial charge is 0.453 e. The summed E-state index contributed by atoms with van der Waals surface area (Å²) in [5.41, 5.74) is 6.09. The van der Waals surface area contributed by atoms with Gasteiger partial charge in [-0.05, 0) is 18.6 Å². The van der Waals surface area contributed by atoms with E-state index >= 15 is 0 Å². The van der Waals surface area contributed by atoms with E-state index in [-0.39, 0.29) is 5.84 Å². The van der Waals surface area contributed by atoms with E-state index in [1.54, 1.807) is 18.3 Å². The summed E-state index contributed by atoms with van der Waals surface area (Å²) in [6, 6.07) is 7.21. The fourth-order valence-electron chi connectivity index (χ4n) is 1.65. The Morgan fingerprint density at radius 2 is 2.22 bits per heavy atom. The van der Waals surface area contributed by atoms with Gasteiger partial charge in [-0.25, -0.2) is 0 Å². The van der Waals surface area contributed by atoms with Crippen LogP contribution in [0.3, 0.4) is 0 Å². The molecule has 0 unspecified atom stereocenters. The van der Waals surface area contributed by atoms with Crippen LogP contribution in [0.15, 0.2) is 36.7 Å².